The molecule has 1 rings (SSSR count). The number of halogens is 1. The maximum atomic E-state index is 4.24. The number of nitrogens with one attached hydrogen (secondary N) is 2. The van der Waals surface area contributed by atoms with Gasteiger partial charge in [0.15, 0.2) is 5.96 Å². The van der Waals surface area contributed by atoms with Crippen molar-refractivity contribution in [1.29, 1.82) is 0 Å². The summed E-state index contributed by atoms with van der Waals surface area (Å²) in [6, 6.07) is 11.1. The zero-order valence-corrected chi connectivity index (χ0v) is 15.9. The molecule has 0 aliphatic rings. The van der Waals surface area contributed by atoms with E-state index in [4.69, 9.17) is 0 Å². The summed E-state index contributed by atoms with van der Waals surface area (Å²) in [6.45, 7) is 7.21. The number of rotatable bonds is 7. The molecule has 1 aromatic rings. The second-order valence-electron chi connectivity index (χ2n) is 5.24. The van der Waals surface area contributed by atoms with Gasteiger partial charge in [-0.25, -0.2) is 0 Å². The summed E-state index contributed by atoms with van der Waals surface area (Å²) >= 11 is 0. The average molecular weight is 404 g/mol. The van der Waals surface area contributed by atoms with Crippen LogP contribution in [-0.2, 0) is 6.42 Å². The van der Waals surface area contributed by atoms with Crippen molar-refractivity contribution in [3.8, 4) is 0 Å². The van der Waals surface area contributed by atoms with E-state index in [1.807, 2.05) is 13.1 Å². The van der Waals surface area contributed by atoms with E-state index in [2.05, 4.69) is 65.7 Å². The zero-order chi connectivity index (χ0) is 14.8. The summed E-state index contributed by atoms with van der Waals surface area (Å²) in [7, 11) is 3.95. The topological polar surface area (TPSA) is 39.7 Å². The monoisotopic (exact) mass is 404 g/mol. The molecule has 0 aliphatic carbocycles. The number of likely N-dealkylation sites (N-methyl/N-ethyl adjacent to an activating group) is 1. The van der Waals surface area contributed by atoms with E-state index in [1.165, 1.54) is 5.56 Å². The average Bonchev–Trinajstić information content (AvgIpc) is 2.46. The lowest BCUT2D eigenvalue weighted by molar-refractivity contribution is 0.278. The van der Waals surface area contributed by atoms with Crippen molar-refractivity contribution in [3.63, 3.8) is 0 Å². The van der Waals surface area contributed by atoms with Crippen LogP contribution in [0.25, 0.3) is 0 Å². The first-order chi connectivity index (χ1) is 9.63. The largest absolute Gasteiger partial charge is 0.356 e. The van der Waals surface area contributed by atoms with Crippen LogP contribution in [0.4, 0.5) is 0 Å². The molecule has 5 heteroatoms. The molecule has 21 heavy (non-hydrogen) atoms. The number of guanidine groups is 1. The predicted molar refractivity (Wildman–Crippen MR) is 103 cm³/mol. The Hall–Kier alpha value is -0.820. The summed E-state index contributed by atoms with van der Waals surface area (Å²) in [5, 5.41) is 6.68. The molecule has 0 atom stereocenters. The standard InChI is InChI=1S/C16H28N4.HI/c1-14(2)20(4)13-12-19-16(17-3)18-11-10-15-8-6-5-7-9-15;/h5-9,14H,10-13H2,1-4H3,(H2,17,18,19);1H. The normalized spacial score (nSPS) is 11.4. The van der Waals surface area contributed by atoms with E-state index in [-0.39, 0.29) is 24.0 Å². The third-order valence-electron chi connectivity index (χ3n) is 3.41. The molecular formula is C16H29IN4. The fourth-order valence-corrected chi connectivity index (χ4v) is 1.80. The first kappa shape index (κ1) is 20.2. The molecule has 120 valence electrons. The van der Waals surface area contributed by atoms with Crippen LogP contribution in [-0.4, -0.2) is 50.6 Å². The lowest BCUT2D eigenvalue weighted by atomic mass is 10.1. The van der Waals surface area contributed by atoms with Crippen LogP contribution in [0.5, 0.6) is 0 Å². The van der Waals surface area contributed by atoms with Crippen LogP contribution < -0.4 is 10.6 Å². The van der Waals surface area contributed by atoms with Gasteiger partial charge in [-0.3, -0.25) is 4.99 Å². The molecule has 0 fully saturated rings. The number of hydrogen-bond donors (Lipinski definition) is 2. The highest BCUT2D eigenvalue weighted by atomic mass is 127. The molecule has 0 spiro atoms. The molecule has 0 radical (unpaired) electrons. The minimum atomic E-state index is 0. The molecule has 0 bridgehead atoms. The van der Waals surface area contributed by atoms with Crippen molar-refractivity contribution in [1.82, 2.24) is 15.5 Å². The molecular weight excluding hydrogens is 375 g/mol. The van der Waals surface area contributed by atoms with Gasteiger partial charge in [0.2, 0.25) is 0 Å². The summed E-state index contributed by atoms with van der Waals surface area (Å²) in [6.07, 6.45) is 1.01. The van der Waals surface area contributed by atoms with Gasteiger partial charge in [-0.2, -0.15) is 0 Å². The fraction of sp³-hybridized carbons (Fsp3) is 0.562. The molecule has 0 unspecified atom stereocenters. The van der Waals surface area contributed by atoms with Crippen LogP contribution in [0, 0.1) is 0 Å². The maximum absolute atomic E-state index is 4.24. The van der Waals surface area contributed by atoms with Crippen LogP contribution in [0.1, 0.15) is 19.4 Å². The number of nitrogens with zero attached hydrogens (tertiary/aromatic N) is 2. The van der Waals surface area contributed by atoms with Crippen LogP contribution in [0.3, 0.4) is 0 Å². The Balaban J connectivity index is 0.00000400. The van der Waals surface area contributed by atoms with Gasteiger partial charge in [-0.1, -0.05) is 30.3 Å². The van der Waals surface area contributed by atoms with E-state index in [0.717, 1.165) is 32.0 Å². The van der Waals surface area contributed by atoms with E-state index in [0.29, 0.717) is 6.04 Å². The van der Waals surface area contributed by atoms with Crippen molar-refractivity contribution in [2.75, 3.05) is 33.7 Å². The van der Waals surface area contributed by atoms with Crippen LogP contribution >= 0.6 is 24.0 Å². The van der Waals surface area contributed by atoms with E-state index >= 15 is 0 Å². The Morgan fingerprint density at radius 1 is 1.14 bits per heavy atom. The van der Waals surface area contributed by atoms with Gasteiger partial charge in [-0.15, -0.1) is 24.0 Å². The fourth-order valence-electron chi connectivity index (χ4n) is 1.80. The Bertz CT molecular complexity index is 393. The number of benzene rings is 1. The van der Waals surface area contributed by atoms with Crippen molar-refractivity contribution in [2.45, 2.75) is 26.3 Å². The molecule has 0 amide bonds. The summed E-state index contributed by atoms with van der Waals surface area (Å²) in [4.78, 5) is 6.55. The minimum absolute atomic E-state index is 0. The first-order valence-corrected chi connectivity index (χ1v) is 7.32. The minimum Gasteiger partial charge on any atom is -0.356 e. The second-order valence-corrected chi connectivity index (χ2v) is 5.24. The lowest BCUT2D eigenvalue weighted by Gasteiger charge is -2.21. The highest BCUT2D eigenvalue weighted by molar-refractivity contribution is 14.0. The van der Waals surface area contributed by atoms with Gasteiger partial charge in [-0.05, 0) is 32.9 Å². The van der Waals surface area contributed by atoms with E-state index in [9.17, 15) is 0 Å². The molecule has 0 aromatic heterocycles. The summed E-state index contributed by atoms with van der Waals surface area (Å²) in [5.41, 5.74) is 1.34. The van der Waals surface area contributed by atoms with Gasteiger partial charge in [0, 0.05) is 32.7 Å². The molecule has 0 saturated heterocycles. The highest BCUT2D eigenvalue weighted by Crippen LogP contribution is 1.98. The van der Waals surface area contributed by atoms with Gasteiger partial charge in [0.05, 0.1) is 0 Å². The first-order valence-electron chi connectivity index (χ1n) is 7.32. The Morgan fingerprint density at radius 2 is 1.76 bits per heavy atom. The van der Waals surface area contributed by atoms with Gasteiger partial charge >= 0.3 is 0 Å². The smallest absolute Gasteiger partial charge is 0.191 e. The van der Waals surface area contributed by atoms with Crippen LogP contribution in [0.2, 0.25) is 0 Å². The second kappa shape index (κ2) is 11.8. The molecule has 0 saturated carbocycles. The third-order valence-corrected chi connectivity index (χ3v) is 3.41. The maximum Gasteiger partial charge on any atom is 0.191 e. The van der Waals surface area contributed by atoms with Crippen LogP contribution in [0.15, 0.2) is 35.3 Å². The molecule has 2 N–H and O–H groups in total. The zero-order valence-electron chi connectivity index (χ0n) is 13.6. The lowest BCUT2D eigenvalue weighted by Crippen LogP contribution is -2.42. The van der Waals surface area contributed by atoms with Crippen molar-refractivity contribution < 1.29 is 0 Å². The van der Waals surface area contributed by atoms with E-state index < -0.39 is 0 Å². The Labute approximate surface area is 146 Å². The van der Waals surface area contributed by atoms with Gasteiger partial charge in [0.25, 0.3) is 0 Å². The van der Waals surface area contributed by atoms with Crippen molar-refractivity contribution in [2.24, 2.45) is 4.99 Å². The van der Waals surface area contributed by atoms with Crippen molar-refractivity contribution >= 4 is 29.9 Å². The molecule has 4 nitrogen and oxygen atoms in total. The summed E-state index contributed by atoms with van der Waals surface area (Å²) < 4.78 is 0. The van der Waals surface area contributed by atoms with E-state index in [1.54, 1.807) is 0 Å². The SMILES string of the molecule is CN=C(NCCc1ccccc1)NCCN(C)C(C)C.I. The Morgan fingerprint density at radius 3 is 2.33 bits per heavy atom. The number of aliphatic imine (C=N–C) groups is 1. The quantitative estimate of drug-likeness (QED) is 0.417. The summed E-state index contributed by atoms with van der Waals surface area (Å²) in [5.74, 6) is 0.873. The van der Waals surface area contributed by atoms with Gasteiger partial charge in [0.1, 0.15) is 0 Å². The highest BCUT2D eigenvalue weighted by Gasteiger charge is 2.03. The van der Waals surface area contributed by atoms with Gasteiger partial charge < -0.3 is 15.5 Å². The molecule has 0 aliphatic heterocycles. The number of hydrogen-bond acceptors (Lipinski definition) is 2. The van der Waals surface area contributed by atoms with Crippen molar-refractivity contribution in [3.05, 3.63) is 35.9 Å². The molecule has 0 heterocycles. The predicted octanol–water partition coefficient (Wildman–Crippen LogP) is 2.35. The Kier molecular flexibility index (Phi) is 11.3. The third kappa shape index (κ3) is 8.93. The molecule has 1 aromatic carbocycles.